The van der Waals surface area contributed by atoms with E-state index >= 15 is 0 Å². The van der Waals surface area contributed by atoms with Gasteiger partial charge in [0, 0.05) is 16.9 Å². The second-order valence-electron chi connectivity index (χ2n) is 4.08. The molecule has 0 spiro atoms. The third-order valence-corrected chi connectivity index (χ3v) is 2.78. The highest BCUT2D eigenvalue weighted by molar-refractivity contribution is 6.43. The average Bonchev–Trinajstić information content (AvgIpc) is 2.43. The molecule has 1 aromatic heterocycles. The first-order valence-electron chi connectivity index (χ1n) is 5.86. The fourth-order valence-corrected chi connectivity index (χ4v) is 1.78. The number of nitrogens with one attached hydrogen (secondary N) is 2. The van der Waals surface area contributed by atoms with Gasteiger partial charge in [0.2, 0.25) is 0 Å². The topological polar surface area (TPSA) is 71.1 Å². The lowest BCUT2D eigenvalue weighted by molar-refractivity contribution is -0.133. The van der Waals surface area contributed by atoms with Crippen molar-refractivity contribution in [2.45, 2.75) is 6.92 Å². The summed E-state index contributed by atoms with van der Waals surface area (Å²) in [6, 6.07) is 10.0. The molecule has 0 saturated carbocycles. The molecule has 0 aliphatic rings. The Hall–Kier alpha value is -2.40. The monoisotopic (exact) mass is 289 g/mol. The van der Waals surface area contributed by atoms with Crippen LogP contribution in [0, 0.1) is 6.92 Å². The van der Waals surface area contributed by atoms with E-state index in [9.17, 15) is 9.59 Å². The van der Waals surface area contributed by atoms with Crippen molar-refractivity contribution in [1.82, 2.24) is 4.98 Å². The van der Waals surface area contributed by atoms with Crippen molar-refractivity contribution in [1.29, 1.82) is 0 Å². The van der Waals surface area contributed by atoms with Crippen LogP contribution in [0.25, 0.3) is 0 Å². The number of hydrogen-bond acceptors (Lipinski definition) is 3. The van der Waals surface area contributed by atoms with Gasteiger partial charge in [0.05, 0.1) is 0 Å². The lowest BCUT2D eigenvalue weighted by Gasteiger charge is -2.08. The quantitative estimate of drug-likeness (QED) is 0.835. The Morgan fingerprint density at radius 1 is 1.10 bits per heavy atom. The van der Waals surface area contributed by atoms with Crippen molar-refractivity contribution < 1.29 is 9.59 Å². The minimum Gasteiger partial charge on any atom is -0.318 e. The molecule has 1 aromatic carbocycles. The summed E-state index contributed by atoms with van der Waals surface area (Å²) in [7, 11) is 0. The van der Waals surface area contributed by atoms with Crippen LogP contribution in [0.3, 0.4) is 0 Å². The smallest absolute Gasteiger partial charge is 0.315 e. The van der Waals surface area contributed by atoms with E-state index in [4.69, 9.17) is 11.6 Å². The van der Waals surface area contributed by atoms with Gasteiger partial charge in [-0.05, 0) is 42.8 Å². The number of amides is 2. The standard InChI is InChI=1S/C14H12ClN3O2/c1-9-8-10(15)5-6-11(9)17-13(19)14(20)18-12-4-2-3-7-16-12/h2-8H,1H3,(H,17,19)(H,16,18,20). The molecular formula is C14H12ClN3O2. The van der Waals surface area contributed by atoms with Crippen LogP contribution in [0.15, 0.2) is 42.6 Å². The van der Waals surface area contributed by atoms with E-state index in [0.29, 0.717) is 16.5 Å². The maximum Gasteiger partial charge on any atom is 0.315 e. The maximum absolute atomic E-state index is 11.8. The van der Waals surface area contributed by atoms with Gasteiger partial charge in [-0.2, -0.15) is 0 Å². The van der Waals surface area contributed by atoms with Crippen LogP contribution < -0.4 is 10.6 Å². The Balaban J connectivity index is 2.03. The average molecular weight is 290 g/mol. The van der Waals surface area contributed by atoms with Gasteiger partial charge < -0.3 is 10.6 Å². The number of aromatic nitrogens is 1. The number of nitrogens with zero attached hydrogens (tertiary/aromatic N) is 1. The van der Waals surface area contributed by atoms with Crippen molar-refractivity contribution in [2.75, 3.05) is 10.6 Å². The van der Waals surface area contributed by atoms with Crippen LogP contribution in [-0.2, 0) is 9.59 Å². The molecule has 0 radical (unpaired) electrons. The van der Waals surface area contributed by atoms with E-state index in [2.05, 4.69) is 15.6 Å². The van der Waals surface area contributed by atoms with E-state index in [-0.39, 0.29) is 0 Å². The zero-order valence-electron chi connectivity index (χ0n) is 10.7. The van der Waals surface area contributed by atoms with Gasteiger partial charge in [-0.15, -0.1) is 0 Å². The first kappa shape index (κ1) is 14.0. The van der Waals surface area contributed by atoms with Gasteiger partial charge in [-0.25, -0.2) is 4.98 Å². The summed E-state index contributed by atoms with van der Waals surface area (Å²) >= 11 is 5.82. The van der Waals surface area contributed by atoms with E-state index in [1.54, 1.807) is 43.3 Å². The molecule has 0 aliphatic heterocycles. The molecule has 2 amide bonds. The minimum atomic E-state index is -0.780. The number of aryl methyl sites for hydroxylation is 1. The van der Waals surface area contributed by atoms with Gasteiger partial charge in [0.1, 0.15) is 5.82 Å². The largest absolute Gasteiger partial charge is 0.318 e. The summed E-state index contributed by atoms with van der Waals surface area (Å²) in [4.78, 5) is 27.4. The van der Waals surface area contributed by atoms with Crippen LogP contribution in [-0.4, -0.2) is 16.8 Å². The highest BCUT2D eigenvalue weighted by atomic mass is 35.5. The third kappa shape index (κ3) is 3.55. The number of carbonyl (C=O) groups is 2. The van der Waals surface area contributed by atoms with Gasteiger partial charge in [0.15, 0.2) is 0 Å². The molecule has 2 rings (SSSR count). The molecule has 0 unspecified atom stereocenters. The number of benzene rings is 1. The van der Waals surface area contributed by atoms with Crippen molar-refractivity contribution in [2.24, 2.45) is 0 Å². The molecule has 0 saturated heterocycles. The normalized spacial score (nSPS) is 9.90. The fraction of sp³-hybridized carbons (Fsp3) is 0.0714. The molecule has 20 heavy (non-hydrogen) atoms. The summed E-state index contributed by atoms with van der Waals surface area (Å²) in [5.41, 5.74) is 1.31. The lowest BCUT2D eigenvalue weighted by Crippen LogP contribution is -2.29. The molecule has 0 bridgehead atoms. The number of carbonyl (C=O) groups excluding carboxylic acids is 2. The molecule has 102 valence electrons. The lowest BCUT2D eigenvalue weighted by atomic mass is 10.2. The number of hydrogen-bond donors (Lipinski definition) is 2. The van der Waals surface area contributed by atoms with E-state index < -0.39 is 11.8 Å². The Morgan fingerprint density at radius 2 is 1.85 bits per heavy atom. The molecule has 0 fully saturated rings. The first-order chi connectivity index (χ1) is 9.56. The summed E-state index contributed by atoms with van der Waals surface area (Å²) in [6.07, 6.45) is 1.52. The number of pyridine rings is 1. The van der Waals surface area contributed by atoms with Crippen LogP contribution >= 0.6 is 11.6 Å². The van der Waals surface area contributed by atoms with Crippen LogP contribution in [0.2, 0.25) is 5.02 Å². The minimum absolute atomic E-state index is 0.320. The molecule has 0 aliphatic carbocycles. The van der Waals surface area contributed by atoms with Crippen molar-refractivity contribution >= 4 is 34.9 Å². The summed E-state index contributed by atoms with van der Waals surface area (Å²) < 4.78 is 0. The molecule has 1 heterocycles. The molecule has 5 nitrogen and oxygen atoms in total. The SMILES string of the molecule is Cc1cc(Cl)ccc1NC(=O)C(=O)Nc1ccccn1. The second kappa shape index (κ2) is 6.16. The predicted octanol–water partition coefficient (Wildman–Crippen LogP) is 2.62. The highest BCUT2D eigenvalue weighted by Gasteiger charge is 2.15. The molecular weight excluding hydrogens is 278 g/mol. The van der Waals surface area contributed by atoms with Crippen LogP contribution in [0.1, 0.15) is 5.56 Å². The summed E-state index contributed by atoms with van der Waals surface area (Å²) in [6.45, 7) is 1.79. The van der Waals surface area contributed by atoms with Gasteiger partial charge in [-0.3, -0.25) is 9.59 Å². The molecule has 2 aromatic rings. The zero-order valence-corrected chi connectivity index (χ0v) is 11.4. The number of rotatable bonds is 2. The summed E-state index contributed by atoms with van der Waals surface area (Å²) in [5, 5.41) is 5.49. The Bertz CT molecular complexity index is 644. The Labute approximate surface area is 121 Å². The molecule has 2 N–H and O–H groups in total. The van der Waals surface area contributed by atoms with Crippen molar-refractivity contribution in [3.63, 3.8) is 0 Å². The van der Waals surface area contributed by atoms with E-state index in [1.165, 1.54) is 6.20 Å². The Kier molecular flexibility index (Phi) is 4.32. The van der Waals surface area contributed by atoms with E-state index in [0.717, 1.165) is 5.56 Å². The zero-order chi connectivity index (χ0) is 14.5. The maximum atomic E-state index is 11.8. The second-order valence-corrected chi connectivity index (χ2v) is 4.52. The Morgan fingerprint density at radius 3 is 2.50 bits per heavy atom. The van der Waals surface area contributed by atoms with Crippen molar-refractivity contribution in [3.8, 4) is 0 Å². The van der Waals surface area contributed by atoms with E-state index in [1.807, 2.05) is 0 Å². The van der Waals surface area contributed by atoms with Gasteiger partial charge >= 0.3 is 11.8 Å². The van der Waals surface area contributed by atoms with Crippen LogP contribution in [0.5, 0.6) is 0 Å². The third-order valence-electron chi connectivity index (χ3n) is 2.55. The molecule has 6 heteroatoms. The summed E-state index contributed by atoms with van der Waals surface area (Å²) in [5.74, 6) is -1.22. The predicted molar refractivity (Wildman–Crippen MR) is 77.7 cm³/mol. The number of anilines is 2. The van der Waals surface area contributed by atoms with Crippen molar-refractivity contribution in [3.05, 3.63) is 53.2 Å². The molecule has 0 atom stereocenters. The van der Waals surface area contributed by atoms with Crippen LogP contribution in [0.4, 0.5) is 11.5 Å². The van der Waals surface area contributed by atoms with Gasteiger partial charge in [0.25, 0.3) is 0 Å². The van der Waals surface area contributed by atoms with Gasteiger partial charge in [-0.1, -0.05) is 17.7 Å². The first-order valence-corrected chi connectivity index (χ1v) is 6.23. The number of halogens is 1. The highest BCUT2D eigenvalue weighted by Crippen LogP contribution is 2.19. The fourth-order valence-electron chi connectivity index (χ4n) is 1.56.